The monoisotopic (exact) mass is 282 g/mol. The highest BCUT2D eigenvalue weighted by molar-refractivity contribution is 5.40. The first kappa shape index (κ1) is 13.4. The van der Waals surface area contributed by atoms with E-state index in [1.165, 1.54) is 38.5 Å². The second-order valence-corrected chi connectivity index (χ2v) is 7.12. The van der Waals surface area contributed by atoms with E-state index in [1.807, 2.05) is 0 Å². The minimum atomic E-state index is 0.817. The van der Waals surface area contributed by atoms with Crippen molar-refractivity contribution in [2.24, 2.45) is 17.8 Å². The Morgan fingerprint density at radius 1 is 1.00 bits per heavy atom. The maximum Gasteiger partial charge on any atom is 0.119 e. The molecule has 0 saturated heterocycles. The Morgan fingerprint density at radius 2 is 1.76 bits per heavy atom. The maximum atomic E-state index is 5.41. The van der Waals surface area contributed by atoms with Gasteiger partial charge in [-0.3, -0.25) is 0 Å². The molecule has 3 aliphatic rings. The van der Waals surface area contributed by atoms with E-state index in [4.69, 9.17) is 4.74 Å². The molecule has 0 heterocycles. The van der Waals surface area contributed by atoms with Crippen molar-refractivity contribution in [1.82, 2.24) is 0 Å². The molecule has 1 aromatic carbocycles. The molecular weight excluding hydrogens is 256 g/mol. The summed E-state index contributed by atoms with van der Waals surface area (Å²) in [6.45, 7) is 2.24. The lowest BCUT2D eigenvalue weighted by molar-refractivity contribution is 0.149. The third kappa shape index (κ3) is 2.05. The molecular formula is C20H26O. The van der Waals surface area contributed by atoms with E-state index in [1.54, 1.807) is 23.8 Å². The molecule has 0 aromatic heterocycles. The van der Waals surface area contributed by atoms with Gasteiger partial charge in [0.25, 0.3) is 0 Å². The van der Waals surface area contributed by atoms with Crippen LogP contribution >= 0.6 is 0 Å². The van der Waals surface area contributed by atoms with Crippen molar-refractivity contribution in [1.29, 1.82) is 0 Å². The third-order valence-electron chi connectivity index (χ3n) is 6.48. The standard InChI is InChI=1S/C20H26O/c1-3-13-4-7-18-16(13)10-11-19-17-9-6-15(21-2)12-14(17)5-8-20(18)19/h3,6,9,12,16,18-20H,4-5,7-8,10-11H2,1-2H3/b13-3+. The summed E-state index contributed by atoms with van der Waals surface area (Å²) in [7, 11) is 1.77. The van der Waals surface area contributed by atoms with Gasteiger partial charge in [-0.1, -0.05) is 17.7 Å². The van der Waals surface area contributed by atoms with E-state index in [-0.39, 0.29) is 0 Å². The molecule has 4 atom stereocenters. The first-order valence-electron chi connectivity index (χ1n) is 8.63. The normalized spacial score (nSPS) is 36.0. The van der Waals surface area contributed by atoms with Gasteiger partial charge in [-0.25, -0.2) is 0 Å². The summed E-state index contributed by atoms with van der Waals surface area (Å²) in [6, 6.07) is 6.81. The van der Waals surface area contributed by atoms with E-state index in [0.29, 0.717) is 0 Å². The summed E-state index contributed by atoms with van der Waals surface area (Å²) < 4.78 is 5.41. The summed E-state index contributed by atoms with van der Waals surface area (Å²) in [5, 5.41) is 0. The second-order valence-electron chi connectivity index (χ2n) is 7.12. The molecule has 0 spiro atoms. The number of fused-ring (bicyclic) bond motifs is 5. The van der Waals surface area contributed by atoms with E-state index in [0.717, 1.165) is 29.4 Å². The van der Waals surface area contributed by atoms with E-state index in [9.17, 15) is 0 Å². The zero-order valence-electron chi connectivity index (χ0n) is 13.3. The summed E-state index contributed by atoms with van der Waals surface area (Å²) in [4.78, 5) is 0. The number of allylic oxidation sites excluding steroid dienone is 2. The van der Waals surface area contributed by atoms with Gasteiger partial charge in [0.2, 0.25) is 0 Å². The number of methoxy groups -OCH3 is 1. The molecule has 21 heavy (non-hydrogen) atoms. The first-order chi connectivity index (χ1) is 10.3. The predicted octanol–water partition coefficient (Wildman–Crippen LogP) is 5.11. The molecule has 4 rings (SSSR count). The Bertz CT molecular complexity index is 571. The van der Waals surface area contributed by atoms with Crippen LogP contribution in [0.15, 0.2) is 29.8 Å². The third-order valence-corrected chi connectivity index (χ3v) is 6.48. The molecule has 112 valence electrons. The Kier molecular flexibility index (Phi) is 3.32. The number of ether oxygens (including phenoxy) is 1. The number of hydrogen-bond acceptors (Lipinski definition) is 1. The van der Waals surface area contributed by atoms with Gasteiger partial charge >= 0.3 is 0 Å². The fourth-order valence-corrected chi connectivity index (χ4v) is 5.55. The smallest absolute Gasteiger partial charge is 0.119 e. The second kappa shape index (κ2) is 5.19. The lowest BCUT2D eigenvalue weighted by atomic mass is 9.60. The molecule has 0 aliphatic heterocycles. The van der Waals surface area contributed by atoms with E-state index < -0.39 is 0 Å². The highest BCUT2D eigenvalue weighted by atomic mass is 16.5. The van der Waals surface area contributed by atoms with Gasteiger partial charge in [0.05, 0.1) is 7.11 Å². The van der Waals surface area contributed by atoms with Crippen LogP contribution in [0.4, 0.5) is 0 Å². The molecule has 0 radical (unpaired) electrons. The lowest BCUT2D eigenvalue weighted by Crippen LogP contribution is -2.34. The van der Waals surface area contributed by atoms with Gasteiger partial charge in [0.1, 0.15) is 5.75 Å². The SMILES string of the molecule is C/C=C1\CCC2C1CCC1c3ccc(OC)cc3CCC12. The quantitative estimate of drug-likeness (QED) is 0.651. The van der Waals surface area contributed by atoms with Gasteiger partial charge in [-0.2, -0.15) is 0 Å². The van der Waals surface area contributed by atoms with Gasteiger partial charge < -0.3 is 4.74 Å². The maximum absolute atomic E-state index is 5.41. The summed E-state index contributed by atoms with van der Waals surface area (Å²) >= 11 is 0. The van der Waals surface area contributed by atoms with E-state index in [2.05, 4.69) is 31.2 Å². The van der Waals surface area contributed by atoms with Crippen LogP contribution in [0.2, 0.25) is 0 Å². The number of rotatable bonds is 1. The van der Waals surface area contributed by atoms with Crippen LogP contribution in [0.3, 0.4) is 0 Å². The number of hydrogen-bond donors (Lipinski definition) is 0. The molecule has 1 aromatic rings. The molecule has 0 amide bonds. The average molecular weight is 282 g/mol. The average Bonchev–Trinajstić information content (AvgIpc) is 2.97. The van der Waals surface area contributed by atoms with Gasteiger partial charge in [-0.15, -0.1) is 0 Å². The molecule has 3 aliphatic carbocycles. The van der Waals surface area contributed by atoms with Crippen LogP contribution in [-0.4, -0.2) is 7.11 Å². The molecule has 0 bridgehead atoms. The Balaban J connectivity index is 1.65. The Morgan fingerprint density at radius 3 is 2.57 bits per heavy atom. The zero-order chi connectivity index (χ0) is 14.4. The summed E-state index contributed by atoms with van der Waals surface area (Å²) in [5.41, 5.74) is 4.96. The lowest BCUT2D eigenvalue weighted by Gasteiger charge is -2.44. The number of benzene rings is 1. The van der Waals surface area contributed by atoms with Crippen molar-refractivity contribution in [3.8, 4) is 5.75 Å². The molecule has 0 N–H and O–H groups in total. The van der Waals surface area contributed by atoms with Crippen LogP contribution in [0.25, 0.3) is 0 Å². The minimum Gasteiger partial charge on any atom is -0.497 e. The molecule has 1 nitrogen and oxygen atoms in total. The zero-order valence-corrected chi connectivity index (χ0v) is 13.3. The van der Waals surface area contributed by atoms with Crippen LogP contribution in [0.5, 0.6) is 5.75 Å². The first-order valence-corrected chi connectivity index (χ1v) is 8.63. The topological polar surface area (TPSA) is 9.23 Å². The van der Waals surface area contributed by atoms with Crippen LogP contribution < -0.4 is 4.74 Å². The van der Waals surface area contributed by atoms with Gasteiger partial charge in [-0.05, 0) is 92.4 Å². The van der Waals surface area contributed by atoms with Crippen molar-refractivity contribution in [3.05, 3.63) is 41.0 Å². The van der Waals surface area contributed by atoms with Gasteiger partial charge in [0, 0.05) is 0 Å². The minimum absolute atomic E-state index is 0.817. The largest absolute Gasteiger partial charge is 0.497 e. The van der Waals surface area contributed by atoms with Crippen molar-refractivity contribution in [3.63, 3.8) is 0 Å². The van der Waals surface area contributed by atoms with Crippen molar-refractivity contribution < 1.29 is 4.74 Å². The molecule has 2 saturated carbocycles. The van der Waals surface area contributed by atoms with Crippen molar-refractivity contribution >= 4 is 0 Å². The molecule has 2 fully saturated rings. The molecule has 1 heteroatoms. The highest BCUT2D eigenvalue weighted by Crippen LogP contribution is 2.56. The Labute approximate surface area is 128 Å². The fourth-order valence-electron chi connectivity index (χ4n) is 5.55. The van der Waals surface area contributed by atoms with Crippen molar-refractivity contribution in [2.75, 3.05) is 7.11 Å². The summed E-state index contributed by atoms with van der Waals surface area (Å²) in [6.07, 6.45) is 10.7. The van der Waals surface area contributed by atoms with Gasteiger partial charge in [0.15, 0.2) is 0 Å². The van der Waals surface area contributed by atoms with E-state index >= 15 is 0 Å². The predicted molar refractivity (Wildman–Crippen MR) is 86.8 cm³/mol. The Hall–Kier alpha value is -1.24. The van der Waals surface area contributed by atoms with Crippen LogP contribution in [-0.2, 0) is 6.42 Å². The fraction of sp³-hybridized carbons (Fsp3) is 0.600. The summed E-state index contributed by atoms with van der Waals surface area (Å²) in [5.74, 6) is 4.65. The van der Waals surface area contributed by atoms with Crippen molar-refractivity contribution in [2.45, 2.75) is 51.4 Å². The van der Waals surface area contributed by atoms with Crippen LogP contribution in [0, 0.1) is 17.8 Å². The number of aryl methyl sites for hydroxylation is 1. The highest BCUT2D eigenvalue weighted by Gasteiger charge is 2.45. The van der Waals surface area contributed by atoms with Crippen LogP contribution in [0.1, 0.15) is 56.1 Å². The molecule has 4 unspecified atom stereocenters.